The fraction of sp³-hybridized carbons (Fsp3) is 0.375. The molecule has 8 heteroatoms. The highest BCUT2D eigenvalue weighted by Crippen LogP contribution is 2.14. The summed E-state index contributed by atoms with van der Waals surface area (Å²) in [5.41, 5.74) is 5.95. The minimum atomic E-state index is -0.493. The van der Waals surface area contributed by atoms with E-state index in [2.05, 4.69) is 20.9 Å². The van der Waals surface area contributed by atoms with Crippen molar-refractivity contribution < 1.29 is 14.3 Å². The van der Waals surface area contributed by atoms with Crippen LogP contribution in [0.5, 0.6) is 0 Å². The summed E-state index contributed by atoms with van der Waals surface area (Å²) in [7, 11) is 0. The number of amides is 2. The number of aromatic nitrogens is 3. The standard InChI is InChI=1S/C16H19N5O3/c1-2-12-11(10-18-21(12)14-7-3-4-8-17-14)15(22)19-20-16(23)13-6-5-9-24-13/h3-4,7-8,10,13H,2,5-6,9H2,1H3,(H,19,22)(H,20,23). The molecule has 0 aromatic carbocycles. The maximum Gasteiger partial charge on any atom is 0.273 e. The molecule has 1 aliphatic rings. The largest absolute Gasteiger partial charge is 0.368 e. The van der Waals surface area contributed by atoms with Crippen molar-refractivity contribution in [1.29, 1.82) is 0 Å². The van der Waals surface area contributed by atoms with Gasteiger partial charge in [0, 0.05) is 12.8 Å². The van der Waals surface area contributed by atoms with Gasteiger partial charge in [0.05, 0.1) is 17.5 Å². The second-order valence-electron chi connectivity index (χ2n) is 5.40. The van der Waals surface area contributed by atoms with E-state index in [4.69, 9.17) is 4.74 Å². The van der Waals surface area contributed by atoms with Crippen molar-refractivity contribution in [2.24, 2.45) is 0 Å². The van der Waals surface area contributed by atoms with Gasteiger partial charge < -0.3 is 4.74 Å². The Labute approximate surface area is 139 Å². The van der Waals surface area contributed by atoms with E-state index in [0.29, 0.717) is 30.8 Å². The Bertz CT molecular complexity index is 723. The number of carbonyl (C=O) groups excluding carboxylic acids is 2. The molecular formula is C16H19N5O3. The first-order chi connectivity index (χ1) is 11.7. The van der Waals surface area contributed by atoms with Crippen molar-refractivity contribution in [1.82, 2.24) is 25.6 Å². The van der Waals surface area contributed by atoms with Gasteiger partial charge in [-0.25, -0.2) is 9.67 Å². The third-order valence-electron chi connectivity index (χ3n) is 3.84. The molecule has 1 unspecified atom stereocenters. The van der Waals surface area contributed by atoms with Crippen molar-refractivity contribution in [3.05, 3.63) is 41.9 Å². The Morgan fingerprint density at radius 2 is 2.25 bits per heavy atom. The van der Waals surface area contributed by atoms with Crippen LogP contribution in [0.15, 0.2) is 30.6 Å². The molecule has 2 N–H and O–H groups in total. The first-order valence-corrected chi connectivity index (χ1v) is 7.90. The topological polar surface area (TPSA) is 98.1 Å². The Kier molecular flexibility index (Phi) is 4.85. The maximum atomic E-state index is 12.3. The first-order valence-electron chi connectivity index (χ1n) is 7.90. The monoisotopic (exact) mass is 329 g/mol. The van der Waals surface area contributed by atoms with Crippen molar-refractivity contribution >= 4 is 11.8 Å². The zero-order valence-electron chi connectivity index (χ0n) is 13.4. The predicted molar refractivity (Wildman–Crippen MR) is 85.3 cm³/mol. The van der Waals surface area contributed by atoms with Gasteiger partial charge in [-0.3, -0.25) is 20.4 Å². The van der Waals surface area contributed by atoms with E-state index in [1.54, 1.807) is 10.9 Å². The summed E-state index contributed by atoms with van der Waals surface area (Å²) >= 11 is 0. The average Bonchev–Trinajstić information content (AvgIpc) is 3.29. The number of nitrogens with one attached hydrogen (secondary N) is 2. The fourth-order valence-corrected chi connectivity index (χ4v) is 2.63. The van der Waals surface area contributed by atoms with Crippen LogP contribution in [-0.2, 0) is 16.0 Å². The highest BCUT2D eigenvalue weighted by molar-refractivity contribution is 5.96. The Morgan fingerprint density at radius 3 is 2.92 bits per heavy atom. The average molecular weight is 329 g/mol. The highest BCUT2D eigenvalue weighted by atomic mass is 16.5. The lowest BCUT2D eigenvalue weighted by molar-refractivity contribution is -0.130. The molecule has 1 saturated heterocycles. The van der Waals surface area contributed by atoms with Crippen LogP contribution in [0.4, 0.5) is 0 Å². The smallest absolute Gasteiger partial charge is 0.273 e. The van der Waals surface area contributed by atoms with Crippen molar-refractivity contribution in [3.63, 3.8) is 0 Å². The van der Waals surface area contributed by atoms with Crippen LogP contribution in [0.3, 0.4) is 0 Å². The summed E-state index contributed by atoms with van der Waals surface area (Å²) in [5, 5.41) is 4.24. The van der Waals surface area contributed by atoms with Crippen molar-refractivity contribution in [2.75, 3.05) is 6.61 Å². The van der Waals surface area contributed by atoms with E-state index in [0.717, 1.165) is 12.1 Å². The summed E-state index contributed by atoms with van der Waals surface area (Å²) in [4.78, 5) is 28.5. The number of nitrogens with zero attached hydrogens (tertiary/aromatic N) is 3. The van der Waals surface area contributed by atoms with Gasteiger partial charge >= 0.3 is 0 Å². The van der Waals surface area contributed by atoms with Crippen LogP contribution < -0.4 is 10.9 Å². The first kappa shape index (κ1) is 16.1. The van der Waals surface area contributed by atoms with Crippen molar-refractivity contribution in [3.8, 4) is 5.82 Å². The van der Waals surface area contributed by atoms with Gasteiger partial charge in [-0.1, -0.05) is 13.0 Å². The number of carbonyl (C=O) groups is 2. The summed E-state index contributed by atoms with van der Waals surface area (Å²) in [6.45, 7) is 2.50. The lowest BCUT2D eigenvalue weighted by atomic mass is 10.2. The second-order valence-corrected chi connectivity index (χ2v) is 5.40. The van der Waals surface area contributed by atoms with Gasteiger partial charge in [0.2, 0.25) is 0 Å². The van der Waals surface area contributed by atoms with E-state index in [9.17, 15) is 9.59 Å². The van der Waals surface area contributed by atoms with Crippen LogP contribution in [0.1, 0.15) is 35.8 Å². The summed E-state index contributed by atoms with van der Waals surface area (Å²) in [5.74, 6) is -0.117. The molecule has 0 aliphatic carbocycles. The molecule has 0 radical (unpaired) electrons. The number of pyridine rings is 1. The molecular weight excluding hydrogens is 310 g/mol. The van der Waals surface area contributed by atoms with E-state index >= 15 is 0 Å². The molecule has 0 saturated carbocycles. The van der Waals surface area contributed by atoms with Crippen molar-refractivity contribution in [2.45, 2.75) is 32.3 Å². The molecule has 126 valence electrons. The van der Waals surface area contributed by atoms with Crippen LogP contribution in [0.25, 0.3) is 5.82 Å². The minimum absolute atomic E-state index is 0.337. The van der Waals surface area contributed by atoms with Crippen LogP contribution in [0, 0.1) is 0 Å². The SMILES string of the molecule is CCc1c(C(=O)NNC(=O)C2CCCO2)cnn1-c1ccccn1. The number of hydrazine groups is 1. The highest BCUT2D eigenvalue weighted by Gasteiger charge is 2.24. The van der Waals surface area contributed by atoms with Crippen LogP contribution >= 0.6 is 0 Å². The van der Waals surface area contributed by atoms with Gasteiger partial charge in [-0.15, -0.1) is 0 Å². The van der Waals surface area contributed by atoms with E-state index in [1.807, 2.05) is 25.1 Å². The zero-order valence-corrected chi connectivity index (χ0v) is 13.4. The maximum absolute atomic E-state index is 12.3. The summed E-state index contributed by atoms with van der Waals surface area (Å²) < 4.78 is 6.89. The molecule has 8 nitrogen and oxygen atoms in total. The number of hydrogen-bond acceptors (Lipinski definition) is 5. The van der Waals surface area contributed by atoms with Gasteiger partial charge in [-0.05, 0) is 31.4 Å². The minimum Gasteiger partial charge on any atom is -0.368 e. The molecule has 0 spiro atoms. The zero-order chi connectivity index (χ0) is 16.9. The fourth-order valence-electron chi connectivity index (χ4n) is 2.63. The third-order valence-corrected chi connectivity index (χ3v) is 3.84. The van der Waals surface area contributed by atoms with E-state index in [1.165, 1.54) is 6.20 Å². The molecule has 2 amide bonds. The predicted octanol–water partition coefficient (Wildman–Crippen LogP) is 0.770. The Hall–Kier alpha value is -2.74. The molecule has 3 heterocycles. The molecule has 3 rings (SSSR count). The Morgan fingerprint density at radius 1 is 1.38 bits per heavy atom. The molecule has 1 fully saturated rings. The van der Waals surface area contributed by atoms with Gasteiger partial charge in [0.1, 0.15) is 6.10 Å². The quantitative estimate of drug-likeness (QED) is 0.808. The number of ether oxygens (including phenoxy) is 1. The molecule has 1 atom stereocenters. The molecule has 0 bridgehead atoms. The number of hydrogen-bond donors (Lipinski definition) is 2. The molecule has 2 aromatic heterocycles. The van der Waals surface area contributed by atoms with Crippen LogP contribution in [-0.4, -0.2) is 39.3 Å². The molecule has 2 aromatic rings. The molecule has 24 heavy (non-hydrogen) atoms. The van der Waals surface area contributed by atoms with Gasteiger partial charge in [-0.2, -0.15) is 5.10 Å². The molecule has 1 aliphatic heterocycles. The van der Waals surface area contributed by atoms with E-state index in [-0.39, 0.29) is 5.91 Å². The van der Waals surface area contributed by atoms with Crippen LogP contribution in [0.2, 0.25) is 0 Å². The van der Waals surface area contributed by atoms with Gasteiger partial charge in [0.25, 0.3) is 11.8 Å². The Balaban J connectivity index is 1.71. The van der Waals surface area contributed by atoms with E-state index < -0.39 is 12.0 Å². The normalized spacial score (nSPS) is 16.8. The second kappa shape index (κ2) is 7.22. The summed E-state index contributed by atoms with van der Waals surface area (Å²) in [6, 6.07) is 5.48. The lowest BCUT2D eigenvalue weighted by Gasteiger charge is -2.11. The number of rotatable bonds is 4. The van der Waals surface area contributed by atoms with Gasteiger partial charge in [0.15, 0.2) is 5.82 Å². The summed E-state index contributed by atoms with van der Waals surface area (Å²) in [6.07, 6.45) is 4.76. The third kappa shape index (κ3) is 3.28. The lowest BCUT2D eigenvalue weighted by Crippen LogP contribution is -2.46.